The predicted octanol–water partition coefficient (Wildman–Crippen LogP) is 4.35. The van der Waals surface area contributed by atoms with Gasteiger partial charge in [-0.3, -0.25) is 9.59 Å². The lowest BCUT2D eigenvalue weighted by Crippen LogP contribution is -2.16. The van der Waals surface area contributed by atoms with E-state index in [0.717, 1.165) is 16.9 Å². The van der Waals surface area contributed by atoms with E-state index in [1.54, 1.807) is 16.8 Å². The molecule has 4 aromatic rings. The smallest absolute Gasteiger partial charge is 0.257 e. The van der Waals surface area contributed by atoms with Crippen LogP contribution in [-0.2, 0) is 13.0 Å². The fraction of sp³-hybridized carbons (Fsp3) is 0.154. The van der Waals surface area contributed by atoms with E-state index in [0.29, 0.717) is 24.6 Å². The topological polar surface area (TPSA) is 115 Å². The van der Waals surface area contributed by atoms with E-state index in [2.05, 4.69) is 20.7 Å². The number of pyridine rings is 1. The molecule has 0 bridgehead atoms. The zero-order valence-corrected chi connectivity index (χ0v) is 19.2. The minimum absolute atomic E-state index is 0.0946. The number of fused-ring (bicyclic) bond motifs is 2. The van der Waals surface area contributed by atoms with E-state index >= 15 is 4.39 Å². The molecule has 0 unspecified atom stereocenters. The molecule has 0 fully saturated rings. The molecule has 0 saturated carbocycles. The first kappa shape index (κ1) is 22.3. The summed E-state index contributed by atoms with van der Waals surface area (Å²) in [6, 6.07) is 15.9. The summed E-state index contributed by atoms with van der Waals surface area (Å²) in [6.45, 7) is 3.81. The van der Waals surface area contributed by atoms with Crippen molar-refractivity contribution in [3.63, 3.8) is 0 Å². The molecule has 9 heteroatoms. The molecule has 5 rings (SSSR count). The Hall–Kier alpha value is -4.53. The molecule has 35 heavy (non-hydrogen) atoms. The van der Waals surface area contributed by atoms with Crippen molar-refractivity contribution in [2.75, 3.05) is 10.6 Å². The molecule has 0 spiro atoms. The number of carbonyl (C=O) groups is 2. The molecule has 0 saturated heterocycles. The van der Waals surface area contributed by atoms with Gasteiger partial charge in [0.2, 0.25) is 0 Å². The normalized spacial score (nSPS) is 12.2. The number of benzene rings is 2. The average molecular weight is 471 g/mol. The second-order valence-electron chi connectivity index (χ2n) is 8.41. The van der Waals surface area contributed by atoms with Crippen LogP contribution >= 0.6 is 0 Å². The molecule has 2 aromatic heterocycles. The van der Waals surface area contributed by atoms with Gasteiger partial charge >= 0.3 is 0 Å². The van der Waals surface area contributed by atoms with Crippen molar-refractivity contribution in [2.24, 2.45) is 5.73 Å². The van der Waals surface area contributed by atoms with Gasteiger partial charge in [-0.1, -0.05) is 24.3 Å². The van der Waals surface area contributed by atoms with Crippen LogP contribution in [-0.4, -0.2) is 26.6 Å². The number of hydrogen-bond acceptors (Lipinski definition) is 5. The highest BCUT2D eigenvalue weighted by molar-refractivity contribution is 6.07. The largest absolute Gasteiger partial charge is 0.365 e. The van der Waals surface area contributed by atoms with E-state index in [1.165, 1.54) is 19.1 Å². The standard InChI is InChI=1S/C26H23FN6O2/c1-14-6-5-9-20(29-14)31-26(35)17-10-11-18(22(27)15(17)2)23-21(24(28)34)25-30-19-8-4-3-7-16(19)12-13-33(25)32-23/h3-11,30H,12-13H2,1-2H3,(H2,28,34)(H,29,31,35). The van der Waals surface area contributed by atoms with Crippen LogP contribution < -0.4 is 16.4 Å². The first-order valence-electron chi connectivity index (χ1n) is 11.1. The number of nitrogens with one attached hydrogen (secondary N) is 2. The van der Waals surface area contributed by atoms with E-state index in [9.17, 15) is 9.59 Å². The van der Waals surface area contributed by atoms with Gasteiger partial charge < -0.3 is 16.4 Å². The Morgan fingerprint density at radius 1 is 1.09 bits per heavy atom. The number of anilines is 3. The molecule has 0 aliphatic carbocycles. The van der Waals surface area contributed by atoms with E-state index < -0.39 is 17.6 Å². The molecule has 0 atom stereocenters. The lowest BCUT2D eigenvalue weighted by Gasteiger charge is -2.12. The number of primary amides is 1. The second-order valence-corrected chi connectivity index (χ2v) is 8.41. The maximum atomic E-state index is 15.6. The summed E-state index contributed by atoms with van der Waals surface area (Å²) < 4.78 is 17.3. The number of halogens is 1. The summed E-state index contributed by atoms with van der Waals surface area (Å²) in [5.41, 5.74) is 9.01. The molecule has 4 N–H and O–H groups in total. The number of amides is 2. The van der Waals surface area contributed by atoms with Crippen LogP contribution in [0.1, 0.15) is 37.5 Å². The lowest BCUT2D eigenvalue weighted by atomic mass is 9.99. The third kappa shape index (κ3) is 4.01. The fourth-order valence-electron chi connectivity index (χ4n) is 4.30. The molecule has 3 heterocycles. The van der Waals surface area contributed by atoms with Gasteiger partial charge in [0.25, 0.3) is 11.8 Å². The maximum absolute atomic E-state index is 15.6. The minimum Gasteiger partial charge on any atom is -0.365 e. The zero-order valence-electron chi connectivity index (χ0n) is 19.2. The number of aromatic nitrogens is 3. The highest BCUT2D eigenvalue weighted by Gasteiger charge is 2.28. The van der Waals surface area contributed by atoms with Gasteiger partial charge in [-0.05, 0) is 61.7 Å². The molecule has 0 radical (unpaired) electrons. The third-order valence-electron chi connectivity index (χ3n) is 6.08. The van der Waals surface area contributed by atoms with Crippen molar-refractivity contribution in [2.45, 2.75) is 26.8 Å². The van der Waals surface area contributed by atoms with Crippen molar-refractivity contribution in [1.82, 2.24) is 14.8 Å². The summed E-state index contributed by atoms with van der Waals surface area (Å²) in [5, 5.41) is 10.5. The molecule has 2 amide bonds. The Bertz CT molecular complexity index is 1490. The van der Waals surface area contributed by atoms with Crippen molar-refractivity contribution in [1.29, 1.82) is 0 Å². The Morgan fingerprint density at radius 3 is 2.66 bits per heavy atom. The van der Waals surface area contributed by atoms with Gasteiger partial charge in [0.05, 0.1) is 0 Å². The number of aryl methyl sites for hydroxylation is 3. The van der Waals surface area contributed by atoms with Crippen molar-refractivity contribution < 1.29 is 14.0 Å². The summed E-state index contributed by atoms with van der Waals surface area (Å²) >= 11 is 0. The SMILES string of the molecule is Cc1cccc(NC(=O)c2ccc(-c3nn4c(c3C(N)=O)Nc3ccccc3CC4)c(F)c2C)n1. The summed E-state index contributed by atoms with van der Waals surface area (Å²) in [7, 11) is 0. The molecular weight excluding hydrogens is 447 g/mol. The Morgan fingerprint density at radius 2 is 1.89 bits per heavy atom. The molecular formula is C26H23FN6O2. The van der Waals surface area contributed by atoms with Crippen LogP contribution in [0.4, 0.5) is 21.7 Å². The van der Waals surface area contributed by atoms with E-state index in [1.807, 2.05) is 37.3 Å². The second kappa shape index (κ2) is 8.68. The number of nitrogens with two attached hydrogens (primary N) is 1. The fourth-order valence-corrected chi connectivity index (χ4v) is 4.30. The van der Waals surface area contributed by atoms with Gasteiger partial charge in [0, 0.05) is 29.1 Å². The maximum Gasteiger partial charge on any atom is 0.257 e. The van der Waals surface area contributed by atoms with Gasteiger partial charge in [-0.15, -0.1) is 0 Å². The van der Waals surface area contributed by atoms with Crippen LogP contribution in [0, 0.1) is 19.7 Å². The minimum atomic E-state index is -0.725. The Labute approximate surface area is 201 Å². The molecule has 176 valence electrons. The number of carbonyl (C=O) groups excluding carboxylic acids is 2. The summed E-state index contributed by atoms with van der Waals surface area (Å²) in [6.07, 6.45) is 0.684. The van der Waals surface area contributed by atoms with Crippen LogP contribution in [0.3, 0.4) is 0 Å². The zero-order chi connectivity index (χ0) is 24.7. The number of hydrogen-bond donors (Lipinski definition) is 3. The quantitative estimate of drug-likeness (QED) is 0.410. The van der Waals surface area contributed by atoms with Gasteiger partial charge in [-0.2, -0.15) is 5.10 Å². The number of para-hydroxylation sites is 1. The van der Waals surface area contributed by atoms with Crippen molar-refractivity contribution >= 4 is 29.1 Å². The number of rotatable bonds is 4. The molecule has 2 aromatic carbocycles. The monoisotopic (exact) mass is 470 g/mol. The van der Waals surface area contributed by atoms with E-state index in [-0.39, 0.29) is 27.9 Å². The molecule has 1 aliphatic heterocycles. The summed E-state index contributed by atoms with van der Waals surface area (Å²) in [5.74, 6) is -1.07. The molecule has 1 aliphatic rings. The first-order valence-corrected chi connectivity index (χ1v) is 11.1. The highest BCUT2D eigenvalue weighted by atomic mass is 19.1. The van der Waals surface area contributed by atoms with Crippen molar-refractivity contribution in [3.8, 4) is 11.3 Å². The third-order valence-corrected chi connectivity index (χ3v) is 6.08. The Balaban J connectivity index is 1.54. The van der Waals surface area contributed by atoms with Crippen LogP contribution in [0.5, 0.6) is 0 Å². The van der Waals surface area contributed by atoms with Crippen LogP contribution in [0.15, 0.2) is 54.6 Å². The van der Waals surface area contributed by atoms with Crippen LogP contribution in [0.2, 0.25) is 0 Å². The predicted molar refractivity (Wildman–Crippen MR) is 131 cm³/mol. The first-order chi connectivity index (χ1) is 16.8. The molecule has 8 nitrogen and oxygen atoms in total. The van der Waals surface area contributed by atoms with E-state index in [4.69, 9.17) is 5.73 Å². The number of nitrogens with zero attached hydrogens (tertiary/aromatic N) is 3. The van der Waals surface area contributed by atoms with Crippen LogP contribution in [0.25, 0.3) is 11.3 Å². The summed E-state index contributed by atoms with van der Waals surface area (Å²) in [4.78, 5) is 29.6. The lowest BCUT2D eigenvalue weighted by molar-refractivity contribution is 0.0998. The van der Waals surface area contributed by atoms with Gasteiger partial charge in [-0.25, -0.2) is 14.1 Å². The highest BCUT2D eigenvalue weighted by Crippen LogP contribution is 2.36. The Kier molecular flexibility index (Phi) is 5.52. The van der Waals surface area contributed by atoms with Gasteiger partial charge in [0.15, 0.2) is 0 Å². The average Bonchev–Trinajstić information content (AvgIpc) is 3.08. The van der Waals surface area contributed by atoms with Crippen molar-refractivity contribution in [3.05, 3.63) is 88.4 Å². The van der Waals surface area contributed by atoms with Gasteiger partial charge in [0.1, 0.15) is 28.7 Å².